The van der Waals surface area contributed by atoms with Gasteiger partial charge in [0.1, 0.15) is 5.82 Å². The molecule has 86 valence electrons. The summed E-state index contributed by atoms with van der Waals surface area (Å²) in [6.45, 7) is 1.84. The van der Waals surface area contributed by atoms with Gasteiger partial charge in [-0.05, 0) is 37.0 Å². The van der Waals surface area contributed by atoms with Crippen LogP contribution >= 0.6 is 0 Å². The number of halogens is 1. The second kappa shape index (κ2) is 3.87. The van der Waals surface area contributed by atoms with E-state index in [4.69, 9.17) is 5.73 Å². The van der Waals surface area contributed by atoms with Gasteiger partial charge in [-0.2, -0.15) is 0 Å². The number of likely N-dealkylation sites (N-methyl/N-ethyl adjacent to an activating group) is 1. The van der Waals surface area contributed by atoms with Gasteiger partial charge in [0.05, 0.1) is 11.7 Å². The molecule has 1 amide bonds. The molecule has 1 aromatic carbocycles. The number of fused-ring (bicyclic) bond motifs is 1. The summed E-state index contributed by atoms with van der Waals surface area (Å²) in [5.41, 5.74) is 7.83. The van der Waals surface area contributed by atoms with E-state index in [1.807, 2.05) is 13.0 Å². The molecule has 1 atom stereocenters. The van der Waals surface area contributed by atoms with Gasteiger partial charge in [-0.3, -0.25) is 4.79 Å². The van der Waals surface area contributed by atoms with Crippen molar-refractivity contribution in [2.75, 3.05) is 11.9 Å². The number of benzene rings is 1. The predicted molar refractivity (Wildman–Crippen MR) is 60.8 cm³/mol. The highest BCUT2D eigenvalue weighted by molar-refractivity contribution is 5.98. The monoisotopic (exact) mass is 222 g/mol. The van der Waals surface area contributed by atoms with Crippen LogP contribution in [0.2, 0.25) is 0 Å². The quantitative estimate of drug-likeness (QED) is 0.720. The lowest BCUT2D eigenvalue weighted by molar-refractivity contribution is -0.119. The van der Waals surface area contributed by atoms with Crippen LogP contribution < -0.4 is 10.6 Å². The number of anilines is 1. The van der Waals surface area contributed by atoms with E-state index in [0.717, 1.165) is 11.1 Å². The first-order chi connectivity index (χ1) is 7.50. The molecule has 0 saturated carbocycles. The molecule has 1 aliphatic rings. The number of aryl methyl sites for hydroxylation is 2. The third-order valence-corrected chi connectivity index (χ3v) is 2.99. The SMILES string of the molecule is Cc1cc(F)c2c(c1)CCC(N)C(=O)N2C. The molecule has 1 unspecified atom stereocenters. The van der Waals surface area contributed by atoms with Crippen LogP contribution in [0.3, 0.4) is 0 Å². The van der Waals surface area contributed by atoms with Gasteiger partial charge in [0.15, 0.2) is 0 Å². The van der Waals surface area contributed by atoms with E-state index in [0.29, 0.717) is 18.5 Å². The Hall–Kier alpha value is -1.42. The molecule has 0 spiro atoms. The Bertz CT molecular complexity index is 445. The van der Waals surface area contributed by atoms with Crippen molar-refractivity contribution in [3.05, 3.63) is 29.1 Å². The maximum absolute atomic E-state index is 13.8. The molecule has 4 heteroatoms. The fraction of sp³-hybridized carbons (Fsp3) is 0.417. The fourth-order valence-electron chi connectivity index (χ4n) is 2.17. The van der Waals surface area contributed by atoms with E-state index in [9.17, 15) is 9.18 Å². The first kappa shape index (κ1) is 11.1. The summed E-state index contributed by atoms with van der Waals surface area (Å²) in [5.74, 6) is -0.568. The second-order valence-corrected chi connectivity index (χ2v) is 4.30. The maximum atomic E-state index is 13.8. The maximum Gasteiger partial charge on any atom is 0.243 e. The molecule has 0 radical (unpaired) electrons. The third kappa shape index (κ3) is 1.69. The minimum absolute atomic E-state index is 0.221. The lowest BCUT2D eigenvalue weighted by Gasteiger charge is -2.20. The zero-order valence-corrected chi connectivity index (χ0v) is 9.46. The number of hydrogen-bond acceptors (Lipinski definition) is 2. The number of amides is 1. The molecule has 2 rings (SSSR count). The molecule has 0 aliphatic carbocycles. The molecule has 1 aromatic rings. The molecule has 16 heavy (non-hydrogen) atoms. The molecular weight excluding hydrogens is 207 g/mol. The van der Waals surface area contributed by atoms with E-state index >= 15 is 0 Å². The van der Waals surface area contributed by atoms with Gasteiger partial charge in [-0.15, -0.1) is 0 Å². The van der Waals surface area contributed by atoms with Gasteiger partial charge < -0.3 is 10.6 Å². The van der Waals surface area contributed by atoms with Crippen LogP contribution in [0.15, 0.2) is 12.1 Å². The Labute approximate surface area is 94.0 Å². The topological polar surface area (TPSA) is 46.3 Å². The predicted octanol–water partition coefficient (Wildman–Crippen LogP) is 1.37. The van der Waals surface area contributed by atoms with Crippen molar-refractivity contribution in [1.82, 2.24) is 0 Å². The van der Waals surface area contributed by atoms with Crippen molar-refractivity contribution >= 4 is 11.6 Å². The Morgan fingerprint density at radius 1 is 1.50 bits per heavy atom. The second-order valence-electron chi connectivity index (χ2n) is 4.30. The summed E-state index contributed by atoms with van der Waals surface area (Å²) >= 11 is 0. The van der Waals surface area contributed by atoms with Crippen LogP contribution in [-0.4, -0.2) is 19.0 Å². The highest BCUT2D eigenvalue weighted by Gasteiger charge is 2.27. The summed E-state index contributed by atoms with van der Waals surface area (Å²) in [6, 6.07) is 2.83. The van der Waals surface area contributed by atoms with Crippen molar-refractivity contribution < 1.29 is 9.18 Å². The fourth-order valence-corrected chi connectivity index (χ4v) is 2.17. The van der Waals surface area contributed by atoms with Crippen molar-refractivity contribution in [3.8, 4) is 0 Å². The van der Waals surface area contributed by atoms with E-state index < -0.39 is 6.04 Å². The summed E-state index contributed by atoms with van der Waals surface area (Å²) < 4.78 is 13.8. The first-order valence-electron chi connectivity index (χ1n) is 5.33. The van der Waals surface area contributed by atoms with Gasteiger partial charge in [0.2, 0.25) is 5.91 Å². The average Bonchev–Trinajstić information content (AvgIpc) is 2.31. The zero-order chi connectivity index (χ0) is 11.9. The smallest absolute Gasteiger partial charge is 0.243 e. The molecule has 0 bridgehead atoms. The van der Waals surface area contributed by atoms with E-state index in [-0.39, 0.29) is 11.7 Å². The highest BCUT2D eigenvalue weighted by atomic mass is 19.1. The molecular formula is C12H15FN2O. The number of carbonyl (C=O) groups excluding carboxylic acids is 1. The Morgan fingerprint density at radius 2 is 2.19 bits per heavy atom. The number of nitrogens with zero attached hydrogens (tertiary/aromatic N) is 1. The van der Waals surface area contributed by atoms with E-state index in [1.165, 1.54) is 11.0 Å². The number of rotatable bonds is 0. The lowest BCUT2D eigenvalue weighted by Crippen LogP contribution is -2.40. The summed E-state index contributed by atoms with van der Waals surface area (Å²) in [7, 11) is 1.57. The van der Waals surface area contributed by atoms with Crippen molar-refractivity contribution in [1.29, 1.82) is 0 Å². The molecule has 3 nitrogen and oxygen atoms in total. The molecule has 0 aromatic heterocycles. The molecule has 1 heterocycles. The van der Waals surface area contributed by atoms with Gasteiger partial charge >= 0.3 is 0 Å². The van der Waals surface area contributed by atoms with Crippen molar-refractivity contribution in [2.45, 2.75) is 25.8 Å². The van der Waals surface area contributed by atoms with Crippen molar-refractivity contribution in [2.24, 2.45) is 5.73 Å². The molecule has 1 aliphatic heterocycles. The number of carbonyl (C=O) groups is 1. The van der Waals surface area contributed by atoms with Crippen LogP contribution in [-0.2, 0) is 11.2 Å². The lowest BCUT2D eigenvalue weighted by atomic mass is 10.0. The van der Waals surface area contributed by atoms with Gasteiger partial charge in [0, 0.05) is 7.05 Å². The number of hydrogen-bond donors (Lipinski definition) is 1. The van der Waals surface area contributed by atoms with E-state index in [2.05, 4.69) is 0 Å². The third-order valence-electron chi connectivity index (χ3n) is 2.99. The Morgan fingerprint density at radius 3 is 2.88 bits per heavy atom. The molecule has 0 fully saturated rings. The van der Waals surface area contributed by atoms with Gasteiger partial charge in [0.25, 0.3) is 0 Å². The van der Waals surface area contributed by atoms with Crippen LogP contribution in [0.5, 0.6) is 0 Å². The van der Waals surface area contributed by atoms with Crippen LogP contribution in [0, 0.1) is 12.7 Å². The normalized spacial score (nSPS) is 20.6. The van der Waals surface area contributed by atoms with E-state index in [1.54, 1.807) is 7.05 Å². The van der Waals surface area contributed by atoms with Crippen LogP contribution in [0.1, 0.15) is 17.5 Å². The zero-order valence-electron chi connectivity index (χ0n) is 9.46. The van der Waals surface area contributed by atoms with Crippen molar-refractivity contribution in [3.63, 3.8) is 0 Å². The van der Waals surface area contributed by atoms with Crippen LogP contribution in [0.4, 0.5) is 10.1 Å². The largest absolute Gasteiger partial charge is 0.320 e. The summed E-state index contributed by atoms with van der Waals surface area (Å²) in [4.78, 5) is 13.1. The standard InChI is InChI=1S/C12H15FN2O/c1-7-5-8-3-4-10(14)12(16)15(2)11(8)9(13)6-7/h5-6,10H,3-4,14H2,1-2H3. The van der Waals surface area contributed by atoms with Gasteiger partial charge in [-0.1, -0.05) is 6.07 Å². The first-order valence-corrected chi connectivity index (χ1v) is 5.33. The Kier molecular flexibility index (Phi) is 2.68. The van der Waals surface area contributed by atoms with Gasteiger partial charge in [-0.25, -0.2) is 4.39 Å². The summed E-state index contributed by atoms with van der Waals surface area (Å²) in [5, 5.41) is 0. The average molecular weight is 222 g/mol. The van der Waals surface area contributed by atoms with Crippen LogP contribution in [0.25, 0.3) is 0 Å². The minimum atomic E-state index is -0.530. The molecule has 0 saturated heterocycles. The summed E-state index contributed by atoms with van der Waals surface area (Å²) in [6.07, 6.45) is 1.21. The minimum Gasteiger partial charge on any atom is -0.320 e. The highest BCUT2D eigenvalue weighted by Crippen LogP contribution is 2.29. The Balaban J connectivity index is 2.57. The number of nitrogens with two attached hydrogens (primary N) is 1. The molecule has 2 N–H and O–H groups in total.